The van der Waals surface area contributed by atoms with E-state index in [1.807, 2.05) is 0 Å². The smallest absolute Gasteiger partial charge is 0.290 e. The molecule has 1 N–H and O–H groups in total. The monoisotopic (exact) mass is 186 g/mol. The van der Waals surface area contributed by atoms with Crippen molar-refractivity contribution in [1.82, 2.24) is 0 Å². The molecule has 0 heterocycles. The molecule has 0 bridgehead atoms. The normalized spacial score (nSPS) is 17.5. The Bertz CT molecular complexity index is 109. The van der Waals surface area contributed by atoms with Gasteiger partial charge in [-0.15, -0.1) is 11.6 Å². The fourth-order valence-corrected chi connectivity index (χ4v) is 3.61. The molecule has 1 rings (SSSR count). The molecule has 0 aromatic carbocycles. The summed E-state index contributed by atoms with van der Waals surface area (Å²) < 4.78 is 1.19. The molecule has 0 radical (unpaired) electrons. The van der Waals surface area contributed by atoms with Gasteiger partial charge in [-0.05, 0) is 0 Å². The zero-order valence-electron chi connectivity index (χ0n) is 8.12. The fraction of sp³-hybridized carbons (Fsp3) is 0.889. The van der Waals surface area contributed by atoms with Crippen molar-refractivity contribution < 1.29 is 9.90 Å². The molecule has 0 amide bonds. The summed E-state index contributed by atoms with van der Waals surface area (Å²) in [6, 6.07) is 0. The summed E-state index contributed by atoms with van der Waals surface area (Å²) in [5.74, 6) is 4.99. The highest BCUT2D eigenvalue weighted by atomic mass is 27.2. The molecule has 1 aliphatic carbocycles. The van der Waals surface area contributed by atoms with Gasteiger partial charge in [0.1, 0.15) is 0 Å². The molecular weight excluding hydrogens is 167 g/mol. The first-order valence-corrected chi connectivity index (χ1v) is 7.77. The first-order valence-electron chi connectivity index (χ1n) is 4.80. The maximum atomic E-state index is 8.36. The second-order valence-corrected chi connectivity index (χ2v) is 7.18. The van der Waals surface area contributed by atoms with Gasteiger partial charge in [-0.25, -0.2) is 0 Å². The van der Waals surface area contributed by atoms with Gasteiger partial charge in [-0.3, -0.25) is 4.79 Å². The van der Waals surface area contributed by atoms with E-state index in [0.717, 1.165) is 0 Å². The topological polar surface area (TPSA) is 37.3 Å². The van der Waals surface area contributed by atoms with E-state index in [2.05, 4.69) is 11.6 Å². The minimum Gasteiger partial charge on any atom is -0.483 e. The molecule has 1 fully saturated rings. The number of carbonyl (C=O) groups is 1. The van der Waals surface area contributed by atoms with Gasteiger partial charge >= 0.3 is 0 Å². The maximum Gasteiger partial charge on any atom is 0.290 e. The molecule has 0 spiro atoms. The van der Waals surface area contributed by atoms with Gasteiger partial charge in [0, 0.05) is 0 Å². The highest BCUT2D eigenvalue weighted by molar-refractivity contribution is 6.57. The number of rotatable bonds is 1. The fourth-order valence-electron chi connectivity index (χ4n) is 1.80. The van der Waals surface area contributed by atoms with E-state index in [9.17, 15) is 0 Å². The molecule has 70 valence electrons. The van der Waals surface area contributed by atoms with Crippen LogP contribution in [0.1, 0.15) is 32.1 Å². The number of hydrogen-bond acceptors (Lipinski definition) is 1. The van der Waals surface area contributed by atoms with Crippen molar-refractivity contribution in [3.8, 4) is 0 Å². The molecule has 0 unspecified atom stereocenters. The largest absolute Gasteiger partial charge is 0.483 e. The van der Waals surface area contributed by atoms with Gasteiger partial charge in [-0.2, -0.15) is 0 Å². The lowest BCUT2D eigenvalue weighted by Gasteiger charge is -2.22. The number of hydrogen-bond donors (Lipinski definition) is 1. The van der Waals surface area contributed by atoms with E-state index in [1.165, 1.54) is 24.0 Å². The van der Waals surface area contributed by atoms with E-state index in [-0.39, 0.29) is 20.6 Å². The summed E-state index contributed by atoms with van der Waals surface area (Å²) in [5.41, 5.74) is 0. The van der Waals surface area contributed by atoms with Crippen LogP contribution in [-0.4, -0.2) is 25.7 Å². The van der Waals surface area contributed by atoms with Crippen molar-refractivity contribution in [2.45, 2.75) is 48.5 Å². The van der Waals surface area contributed by atoms with Crippen LogP contribution in [0.15, 0.2) is 0 Å². The summed E-state index contributed by atoms with van der Waals surface area (Å²) in [7, 11) is 0. The summed E-state index contributed by atoms with van der Waals surface area (Å²) in [6.07, 6.45) is 7.68. The molecule has 0 aromatic heterocycles. The summed E-state index contributed by atoms with van der Waals surface area (Å²) in [6.45, 7) is -0.250. The third-order valence-corrected chi connectivity index (χ3v) is 5.14. The van der Waals surface area contributed by atoms with E-state index in [0.29, 0.717) is 0 Å². The Morgan fingerprint density at radius 2 is 1.67 bits per heavy atom. The third-order valence-electron chi connectivity index (χ3n) is 2.59. The zero-order chi connectivity index (χ0) is 9.40. The van der Waals surface area contributed by atoms with Gasteiger partial charge in [-0.1, -0.05) is 36.9 Å². The van der Waals surface area contributed by atoms with Crippen LogP contribution >= 0.6 is 0 Å². The van der Waals surface area contributed by atoms with Crippen LogP contribution in [0.2, 0.25) is 16.4 Å². The predicted molar refractivity (Wildman–Crippen MR) is 53.0 cm³/mol. The molecule has 1 saturated carbocycles. The summed E-state index contributed by atoms with van der Waals surface area (Å²) in [5, 5.41) is 6.89. The molecule has 12 heavy (non-hydrogen) atoms. The Morgan fingerprint density at radius 1 is 1.25 bits per heavy atom. The van der Waals surface area contributed by atoms with Crippen molar-refractivity contribution in [3.05, 3.63) is 0 Å². The lowest BCUT2D eigenvalue weighted by atomic mass is 10.0. The molecule has 0 atom stereocenters. The van der Waals surface area contributed by atoms with Gasteiger partial charge in [0.15, 0.2) is 0 Å². The SMILES string of the molecule is O=CO.[CH3][Al]([CH3])[CH]1CCCCC1. The molecule has 3 heteroatoms. The van der Waals surface area contributed by atoms with Crippen LogP contribution in [0.4, 0.5) is 0 Å². The quantitative estimate of drug-likeness (QED) is 0.505. The van der Waals surface area contributed by atoms with Crippen molar-refractivity contribution in [2.75, 3.05) is 0 Å². The Kier molecular flexibility index (Phi) is 7.64. The minimum absolute atomic E-state index is 0.250. The van der Waals surface area contributed by atoms with Crippen LogP contribution in [0.25, 0.3) is 0 Å². The molecule has 0 aromatic rings. The molecule has 2 nitrogen and oxygen atoms in total. The van der Waals surface area contributed by atoms with Gasteiger partial charge < -0.3 is 5.11 Å². The van der Waals surface area contributed by atoms with Crippen molar-refractivity contribution in [3.63, 3.8) is 0 Å². The van der Waals surface area contributed by atoms with Crippen LogP contribution in [0.5, 0.6) is 0 Å². The van der Waals surface area contributed by atoms with E-state index < -0.39 is 0 Å². The summed E-state index contributed by atoms with van der Waals surface area (Å²) in [4.78, 5) is 8.36. The van der Waals surface area contributed by atoms with Crippen LogP contribution < -0.4 is 0 Å². The molecule has 0 saturated heterocycles. The molecule has 0 aliphatic heterocycles. The minimum atomic E-state index is -0.252. The lowest BCUT2D eigenvalue weighted by molar-refractivity contribution is -0.122. The molecule has 1 aliphatic rings. The van der Waals surface area contributed by atoms with E-state index in [4.69, 9.17) is 9.90 Å². The second-order valence-electron chi connectivity index (χ2n) is 3.75. The highest BCUT2D eigenvalue weighted by Crippen LogP contribution is 2.30. The van der Waals surface area contributed by atoms with Gasteiger partial charge in [0.2, 0.25) is 0 Å². The van der Waals surface area contributed by atoms with Crippen molar-refractivity contribution in [2.24, 2.45) is 0 Å². The Balaban J connectivity index is 0.000000354. The third kappa shape index (κ3) is 5.63. The maximum absolute atomic E-state index is 8.36. The Labute approximate surface area is 79.4 Å². The van der Waals surface area contributed by atoms with Crippen LogP contribution in [-0.2, 0) is 4.79 Å². The first kappa shape index (κ1) is 12.0. The highest BCUT2D eigenvalue weighted by Gasteiger charge is 2.19. The van der Waals surface area contributed by atoms with Crippen LogP contribution in [0, 0.1) is 0 Å². The summed E-state index contributed by atoms with van der Waals surface area (Å²) >= 11 is -0.252. The average molecular weight is 186 g/mol. The van der Waals surface area contributed by atoms with E-state index >= 15 is 0 Å². The van der Waals surface area contributed by atoms with Gasteiger partial charge in [0.05, 0.1) is 0 Å². The van der Waals surface area contributed by atoms with Gasteiger partial charge in [0.25, 0.3) is 20.6 Å². The van der Waals surface area contributed by atoms with Crippen molar-refractivity contribution >= 4 is 20.6 Å². The zero-order valence-corrected chi connectivity index (χ0v) is 9.28. The first-order chi connectivity index (χ1) is 5.72. The lowest BCUT2D eigenvalue weighted by Crippen LogP contribution is -2.14. The second kappa shape index (κ2) is 7.64. The Hall–Kier alpha value is 0.00247. The van der Waals surface area contributed by atoms with Crippen molar-refractivity contribution in [1.29, 1.82) is 0 Å². The Morgan fingerprint density at radius 3 is 1.92 bits per heavy atom. The van der Waals surface area contributed by atoms with E-state index in [1.54, 1.807) is 12.8 Å². The molecular formula is C9H19AlO2. The predicted octanol–water partition coefficient (Wildman–Crippen LogP) is 2.78. The standard InChI is InChI=1S/C6H11.CH2O2.2CH3.Al/c1-2-4-6-5-3-1;2-1-3;;;/h1H,2-6H2;1H,(H,2,3);2*1H3;. The van der Waals surface area contributed by atoms with Crippen LogP contribution in [0.3, 0.4) is 0 Å². The number of carboxylic acid groups (broad SMARTS) is 1. The average Bonchev–Trinajstić information content (AvgIpc) is 2.07.